The number of hydrogen-bond donors (Lipinski definition) is 0. The van der Waals surface area contributed by atoms with Crippen LogP contribution in [0.2, 0.25) is 0 Å². The molecule has 0 aliphatic carbocycles. The SMILES string of the molecule is [CH2]C([CH2+])(C)OC(=O)[CH+]C(=C)C. The minimum absolute atomic E-state index is 0.454. The minimum Gasteiger partial charge on any atom is -0.400 e. The van der Waals surface area contributed by atoms with Crippen LogP contribution in [0.3, 0.4) is 0 Å². The Labute approximate surface area is 68.2 Å². The number of carbonyl (C=O) groups is 1. The molecule has 0 bridgehead atoms. The van der Waals surface area contributed by atoms with E-state index in [4.69, 9.17) is 4.74 Å². The van der Waals surface area contributed by atoms with Crippen molar-refractivity contribution in [3.8, 4) is 0 Å². The van der Waals surface area contributed by atoms with Crippen LogP contribution in [0.25, 0.3) is 0 Å². The van der Waals surface area contributed by atoms with Gasteiger partial charge in [0.15, 0.2) is 6.42 Å². The third-order valence-corrected chi connectivity index (χ3v) is 0.711. The van der Waals surface area contributed by atoms with E-state index in [-0.39, 0.29) is 0 Å². The van der Waals surface area contributed by atoms with E-state index in [9.17, 15) is 4.79 Å². The summed E-state index contributed by atoms with van der Waals surface area (Å²) in [6, 6.07) is 0. The highest BCUT2D eigenvalue weighted by Crippen LogP contribution is 2.08. The number of hydrogen-bond acceptors (Lipinski definition) is 2. The Morgan fingerprint density at radius 2 is 2.18 bits per heavy atom. The zero-order valence-electron chi connectivity index (χ0n) is 7.02. The first kappa shape index (κ1) is 9.95. The molecule has 0 spiro atoms. The fraction of sp³-hybridized carbons (Fsp3) is 0.333. The fourth-order valence-electron chi connectivity index (χ4n) is 0.473. The van der Waals surface area contributed by atoms with Gasteiger partial charge in [-0.3, -0.25) is 0 Å². The minimum atomic E-state index is -0.914. The monoisotopic (exact) mass is 153 g/mol. The predicted octanol–water partition coefficient (Wildman–Crippen LogP) is 1.74. The molecule has 1 radical (unpaired) electrons. The Kier molecular flexibility index (Phi) is 3.05. The summed E-state index contributed by atoms with van der Waals surface area (Å²) in [5, 5.41) is 0. The van der Waals surface area contributed by atoms with Crippen LogP contribution in [0.15, 0.2) is 12.2 Å². The molecule has 0 N–H and O–H groups in total. The van der Waals surface area contributed by atoms with Gasteiger partial charge in [0.2, 0.25) is 5.60 Å². The fourth-order valence-corrected chi connectivity index (χ4v) is 0.473. The first-order chi connectivity index (χ1) is 4.81. The molecule has 0 rings (SSSR count). The molecule has 0 amide bonds. The molecule has 0 aliphatic heterocycles. The summed E-state index contributed by atoms with van der Waals surface area (Å²) in [6.45, 7) is 13.9. The first-order valence-electron chi connectivity index (χ1n) is 3.25. The lowest BCUT2D eigenvalue weighted by molar-refractivity contribution is -0.146. The predicted molar refractivity (Wildman–Crippen MR) is 44.3 cm³/mol. The number of ether oxygens (including phenoxy) is 1. The van der Waals surface area contributed by atoms with E-state index in [0.717, 1.165) is 0 Å². The van der Waals surface area contributed by atoms with E-state index < -0.39 is 11.6 Å². The normalized spacial score (nSPS) is 10.5. The second-order valence-electron chi connectivity index (χ2n) is 2.86. The molecule has 0 aromatic carbocycles. The highest BCUT2D eigenvalue weighted by molar-refractivity contribution is 5.83. The van der Waals surface area contributed by atoms with Crippen molar-refractivity contribution in [2.75, 3.05) is 0 Å². The topological polar surface area (TPSA) is 26.3 Å². The van der Waals surface area contributed by atoms with Gasteiger partial charge in [-0.15, -0.1) is 0 Å². The summed E-state index contributed by atoms with van der Waals surface area (Å²) in [7, 11) is 0. The van der Waals surface area contributed by atoms with E-state index in [1.165, 1.54) is 6.42 Å². The molecule has 0 unspecified atom stereocenters. The van der Waals surface area contributed by atoms with Gasteiger partial charge in [-0.1, -0.05) is 0 Å². The zero-order valence-corrected chi connectivity index (χ0v) is 7.02. The highest BCUT2D eigenvalue weighted by Gasteiger charge is 2.26. The Morgan fingerprint density at radius 1 is 1.73 bits per heavy atom. The molecular formula is C9H13O2+2. The van der Waals surface area contributed by atoms with Crippen molar-refractivity contribution in [2.24, 2.45) is 0 Å². The molecule has 0 aliphatic rings. The molecule has 11 heavy (non-hydrogen) atoms. The van der Waals surface area contributed by atoms with Crippen LogP contribution in [-0.4, -0.2) is 11.6 Å². The molecular weight excluding hydrogens is 140 g/mol. The van der Waals surface area contributed by atoms with Crippen molar-refractivity contribution in [1.82, 2.24) is 0 Å². The Hall–Kier alpha value is -1.05. The van der Waals surface area contributed by atoms with Crippen molar-refractivity contribution in [2.45, 2.75) is 19.4 Å². The van der Waals surface area contributed by atoms with Crippen LogP contribution >= 0.6 is 0 Å². The summed E-state index contributed by atoms with van der Waals surface area (Å²) in [5.41, 5.74) is -0.262. The molecule has 0 saturated carbocycles. The van der Waals surface area contributed by atoms with Crippen molar-refractivity contribution < 1.29 is 9.53 Å². The molecule has 0 aromatic rings. The van der Waals surface area contributed by atoms with Gasteiger partial charge < -0.3 is 4.74 Å². The lowest BCUT2D eigenvalue weighted by atomic mass is 10.2. The maximum absolute atomic E-state index is 10.9. The van der Waals surface area contributed by atoms with Crippen LogP contribution < -0.4 is 0 Å². The van der Waals surface area contributed by atoms with Gasteiger partial charge >= 0.3 is 5.97 Å². The maximum atomic E-state index is 10.9. The average molecular weight is 153 g/mol. The van der Waals surface area contributed by atoms with E-state index in [0.29, 0.717) is 5.57 Å². The second-order valence-corrected chi connectivity index (χ2v) is 2.86. The van der Waals surface area contributed by atoms with Crippen molar-refractivity contribution in [3.05, 3.63) is 32.4 Å². The zero-order chi connectivity index (χ0) is 9.07. The molecule has 2 nitrogen and oxygen atoms in total. The van der Waals surface area contributed by atoms with E-state index in [1.807, 2.05) is 0 Å². The Balaban J connectivity index is 3.80. The molecule has 0 saturated heterocycles. The first-order valence-corrected chi connectivity index (χ1v) is 3.25. The van der Waals surface area contributed by atoms with E-state index in [1.54, 1.807) is 13.8 Å². The van der Waals surface area contributed by atoms with E-state index in [2.05, 4.69) is 20.4 Å². The third kappa shape index (κ3) is 6.84. The summed E-state index contributed by atoms with van der Waals surface area (Å²) >= 11 is 0. The standard InChI is InChI=1S/C9H13O2/c1-7(2)6-8(10)11-9(3,4)5/h6H,1,3-4H2,2,5H3/q+2. The van der Waals surface area contributed by atoms with Gasteiger partial charge in [0.05, 0.1) is 0 Å². The molecule has 0 atom stereocenters. The lowest BCUT2D eigenvalue weighted by Gasteiger charge is -2.09. The largest absolute Gasteiger partial charge is 0.420 e. The average Bonchev–Trinajstić information content (AvgIpc) is 1.53. The summed E-state index contributed by atoms with van der Waals surface area (Å²) < 4.78 is 4.77. The number of esters is 1. The van der Waals surface area contributed by atoms with Crippen LogP contribution in [-0.2, 0) is 9.53 Å². The van der Waals surface area contributed by atoms with Gasteiger partial charge in [0.25, 0.3) is 0 Å². The quantitative estimate of drug-likeness (QED) is 0.456. The van der Waals surface area contributed by atoms with Crippen molar-refractivity contribution >= 4 is 5.97 Å². The summed E-state index contributed by atoms with van der Waals surface area (Å²) in [5.74, 6) is -0.454. The molecule has 0 aromatic heterocycles. The van der Waals surface area contributed by atoms with Crippen LogP contribution in [0.4, 0.5) is 0 Å². The van der Waals surface area contributed by atoms with Gasteiger partial charge in [-0.05, 0) is 6.92 Å². The van der Waals surface area contributed by atoms with Crippen molar-refractivity contribution in [3.63, 3.8) is 0 Å². The highest BCUT2D eigenvalue weighted by atomic mass is 16.6. The molecule has 59 valence electrons. The lowest BCUT2D eigenvalue weighted by Crippen LogP contribution is -2.24. The van der Waals surface area contributed by atoms with Gasteiger partial charge in [-0.2, -0.15) is 0 Å². The smallest absolute Gasteiger partial charge is 0.400 e. The molecule has 0 heterocycles. The summed E-state index contributed by atoms with van der Waals surface area (Å²) in [4.78, 5) is 10.9. The van der Waals surface area contributed by atoms with Gasteiger partial charge in [-0.25, -0.2) is 4.79 Å². The van der Waals surface area contributed by atoms with Crippen LogP contribution in [0.5, 0.6) is 0 Å². The molecule has 0 fully saturated rings. The molecule has 2 heteroatoms. The third-order valence-electron chi connectivity index (χ3n) is 0.711. The van der Waals surface area contributed by atoms with E-state index >= 15 is 0 Å². The Morgan fingerprint density at radius 3 is 2.45 bits per heavy atom. The number of carbonyl (C=O) groups excluding carboxylic acids is 1. The van der Waals surface area contributed by atoms with Gasteiger partial charge in [0.1, 0.15) is 12.5 Å². The maximum Gasteiger partial charge on any atom is 0.420 e. The Bertz CT molecular complexity index is 163. The van der Waals surface area contributed by atoms with Crippen LogP contribution in [0.1, 0.15) is 13.8 Å². The van der Waals surface area contributed by atoms with Crippen molar-refractivity contribution in [1.29, 1.82) is 0 Å². The second kappa shape index (κ2) is 3.37. The summed E-state index contributed by atoms with van der Waals surface area (Å²) in [6.07, 6.45) is 1.30. The van der Waals surface area contributed by atoms with Gasteiger partial charge in [0, 0.05) is 20.4 Å². The van der Waals surface area contributed by atoms with Crippen LogP contribution in [0, 0.1) is 20.3 Å². The number of rotatable bonds is 3.